The molecule has 0 aliphatic rings. The number of carbonyl (C=O) groups excluding carboxylic acids is 1. The van der Waals surface area contributed by atoms with Gasteiger partial charge in [0.2, 0.25) is 0 Å². The normalized spacial score (nSPS) is 11.4. The van der Waals surface area contributed by atoms with Crippen LogP contribution >= 0.6 is 22.6 Å². The molecule has 2 nitrogen and oxygen atoms in total. The SMILES string of the molecule is COc1cc(I)c(C(C)=O)c(C(F)(F)F)c1. The summed E-state index contributed by atoms with van der Waals surface area (Å²) >= 11 is 1.69. The first-order chi connectivity index (χ1) is 7.27. The Morgan fingerprint density at radius 2 is 1.94 bits per heavy atom. The summed E-state index contributed by atoms with van der Waals surface area (Å²) in [6.07, 6.45) is -4.56. The van der Waals surface area contributed by atoms with Crippen molar-refractivity contribution in [3.05, 3.63) is 26.8 Å². The maximum absolute atomic E-state index is 12.7. The van der Waals surface area contributed by atoms with Gasteiger partial charge in [0.05, 0.1) is 12.7 Å². The molecule has 0 spiro atoms. The molecule has 6 heteroatoms. The predicted octanol–water partition coefficient (Wildman–Crippen LogP) is 3.52. The summed E-state index contributed by atoms with van der Waals surface area (Å²) < 4.78 is 43.1. The van der Waals surface area contributed by atoms with E-state index in [0.29, 0.717) is 0 Å². The van der Waals surface area contributed by atoms with E-state index in [1.807, 2.05) is 0 Å². The van der Waals surface area contributed by atoms with Crippen LogP contribution in [0.5, 0.6) is 5.75 Å². The minimum Gasteiger partial charge on any atom is -0.497 e. The van der Waals surface area contributed by atoms with E-state index in [1.54, 1.807) is 22.6 Å². The molecular weight excluding hydrogens is 336 g/mol. The number of alkyl halides is 3. The molecule has 0 aliphatic carbocycles. The molecular formula is C10H8F3IO2. The van der Waals surface area contributed by atoms with Gasteiger partial charge in [0.25, 0.3) is 0 Å². The Morgan fingerprint density at radius 1 is 1.38 bits per heavy atom. The summed E-state index contributed by atoms with van der Waals surface area (Å²) in [7, 11) is 1.28. The Morgan fingerprint density at radius 3 is 2.31 bits per heavy atom. The molecule has 0 fully saturated rings. The zero-order valence-electron chi connectivity index (χ0n) is 8.48. The summed E-state index contributed by atoms with van der Waals surface area (Å²) in [6.45, 7) is 1.11. The van der Waals surface area contributed by atoms with E-state index < -0.39 is 17.5 Å². The quantitative estimate of drug-likeness (QED) is 0.606. The number of methoxy groups -OCH3 is 1. The third-order valence-electron chi connectivity index (χ3n) is 1.96. The highest BCUT2D eigenvalue weighted by Gasteiger charge is 2.36. The molecule has 0 bridgehead atoms. The van der Waals surface area contributed by atoms with Crippen molar-refractivity contribution in [3.8, 4) is 5.75 Å². The van der Waals surface area contributed by atoms with Crippen molar-refractivity contribution in [1.82, 2.24) is 0 Å². The van der Waals surface area contributed by atoms with Crippen LogP contribution in [0.4, 0.5) is 13.2 Å². The second-order valence-electron chi connectivity index (χ2n) is 3.09. The van der Waals surface area contributed by atoms with Gasteiger partial charge < -0.3 is 4.74 Å². The molecule has 1 aromatic rings. The van der Waals surface area contributed by atoms with Gasteiger partial charge in [-0.05, 0) is 41.6 Å². The molecule has 0 heterocycles. The Labute approximate surface area is 104 Å². The van der Waals surface area contributed by atoms with Crippen LogP contribution in [0.2, 0.25) is 0 Å². The van der Waals surface area contributed by atoms with E-state index in [4.69, 9.17) is 4.74 Å². The van der Waals surface area contributed by atoms with Crippen LogP contribution in [0.3, 0.4) is 0 Å². The number of hydrogen-bond donors (Lipinski definition) is 0. The van der Waals surface area contributed by atoms with Gasteiger partial charge in [-0.25, -0.2) is 0 Å². The lowest BCUT2D eigenvalue weighted by Gasteiger charge is -2.14. The van der Waals surface area contributed by atoms with Crippen LogP contribution in [0, 0.1) is 3.57 Å². The third-order valence-corrected chi connectivity index (χ3v) is 2.81. The van der Waals surface area contributed by atoms with Gasteiger partial charge >= 0.3 is 6.18 Å². The van der Waals surface area contributed by atoms with Gasteiger partial charge in [-0.1, -0.05) is 0 Å². The van der Waals surface area contributed by atoms with Crippen molar-refractivity contribution in [2.45, 2.75) is 13.1 Å². The number of benzene rings is 1. The van der Waals surface area contributed by atoms with Crippen LogP contribution in [0.1, 0.15) is 22.8 Å². The molecule has 1 aromatic carbocycles. The van der Waals surface area contributed by atoms with Gasteiger partial charge in [-0.3, -0.25) is 4.79 Å². The largest absolute Gasteiger partial charge is 0.497 e. The second kappa shape index (κ2) is 4.60. The molecule has 0 saturated carbocycles. The van der Waals surface area contributed by atoms with Crippen LogP contribution in [-0.4, -0.2) is 12.9 Å². The topological polar surface area (TPSA) is 26.3 Å². The zero-order valence-corrected chi connectivity index (χ0v) is 10.6. The summed E-state index contributed by atoms with van der Waals surface area (Å²) in [5.41, 5.74) is -1.27. The zero-order chi connectivity index (χ0) is 12.5. The second-order valence-corrected chi connectivity index (χ2v) is 4.25. The minimum absolute atomic E-state index is 0.0849. The number of halogens is 4. The van der Waals surface area contributed by atoms with Crippen molar-refractivity contribution >= 4 is 28.4 Å². The lowest BCUT2D eigenvalue weighted by Crippen LogP contribution is -2.13. The smallest absolute Gasteiger partial charge is 0.417 e. The van der Waals surface area contributed by atoms with Crippen molar-refractivity contribution < 1.29 is 22.7 Å². The first-order valence-electron chi connectivity index (χ1n) is 4.23. The van der Waals surface area contributed by atoms with Crippen LogP contribution in [0.15, 0.2) is 12.1 Å². The number of ketones is 1. The number of ether oxygens (including phenoxy) is 1. The number of Topliss-reactive ketones (excluding diaryl/α,β-unsaturated/α-hetero) is 1. The number of hydrogen-bond acceptors (Lipinski definition) is 2. The van der Waals surface area contributed by atoms with Crippen molar-refractivity contribution in [1.29, 1.82) is 0 Å². The standard InChI is InChI=1S/C10H8F3IO2/c1-5(15)9-7(10(11,12)13)3-6(16-2)4-8(9)14/h3-4H,1-2H3. The summed E-state index contributed by atoms with van der Waals surface area (Å²) in [4.78, 5) is 11.2. The molecule has 0 aliphatic heterocycles. The van der Waals surface area contributed by atoms with Gasteiger partial charge in [0.1, 0.15) is 5.75 Å². The van der Waals surface area contributed by atoms with Crippen molar-refractivity contribution in [2.75, 3.05) is 7.11 Å². The summed E-state index contributed by atoms with van der Waals surface area (Å²) in [5, 5.41) is 0. The van der Waals surface area contributed by atoms with Crippen molar-refractivity contribution in [3.63, 3.8) is 0 Å². The fourth-order valence-electron chi connectivity index (χ4n) is 1.28. The molecule has 0 aromatic heterocycles. The maximum atomic E-state index is 12.7. The van der Waals surface area contributed by atoms with Gasteiger partial charge in [-0.15, -0.1) is 0 Å². The maximum Gasteiger partial charge on any atom is 0.417 e. The molecule has 0 saturated heterocycles. The van der Waals surface area contributed by atoms with Gasteiger partial charge in [0, 0.05) is 9.13 Å². The molecule has 16 heavy (non-hydrogen) atoms. The van der Waals surface area contributed by atoms with Gasteiger partial charge in [0.15, 0.2) is 5.78 Å². The molecule has 88 valence electrons. The van der Waals surface area contributed by atoms with E-state index in [2.05, 4.69) is 0 Å². The molecule has 0 N–H and O–H groups in total. The molecule has 0 atom stereocenters. The molecule has 0 amide bonds. The Balaban J connectivity index is 3.53. The van der Waals surface area contributed by atoms with E-state index in [0.717, 1.165) is 13.0 Å². The molecule has 0 unspecified atom stereocenters. The van der Waals surface area contributed by atoms with Crippen LogP contribution < -0.4 is 4.74 Å². The Kier molecular flexibility index (Phi) is 3.82. The predicted molar refractivity (Wildman–Crippen MR) is 60.7 cm³/mol. The van der Waals surface area contributed by atoms with Gasteiger partial charge in [-0.2, -0.15) is 13.2 Å². The number of rotatable bonds is 2. The Hall–Kier alpha value is -0.790. The summed E-state index contributed by atoms with van der Waals surface area (Å²) in [6, 6.07) is 2.23. The number of carbonyl (C=O) groups is 1. The summed E-state index contributed by atoms with van der Waals surface area (Å²) in [5.74, 6) is -0.527. The lowest BCUT2D eigenvalue weighted by molar-refractivity contribution is -0.138. The highest BCUT2D eigenvalue weighted by molar-refractivity contribution is 14.1. The highest BCUT2D eigenvalue weighted by Crippen LogP contribution is 2.36. The average molecular weight is 344 g/mol. The molecule has 1 rings (SSSR count). The van der Waals surface area contributed by atoms with E-state index in [1.165, 1.54) is 13.2 Å². The highest BCUT2D eigenvalue weighted by atomic mass is 127. The van der Waals surface area contributed by atoms with Crippen molar-refractivity contribution in [2.24, 2.45) is 0 Å². The molecule has 0 radical (unpaired) electrons. The first-order valence-corrected chi connectivity index (χ1v) is 5.31. The average Bonchev–Trinajstić information content (AvgIpc) is 2.14. The van der Waals surface area contributed by atoms with E-state index >= 15 is 0 Å². The van der Waals surface area contributed by atoms with E-state index in [9.17, 15) is 18.0 Å². The van der Waals surface area contributed by atoms with E-state index in [-0.39, 0.29) is 14.9 Å². The van der Waals surface area contributed by atoms with Crippen LogP contribution in [-0.2, 0) is 6.18 Å². The fraction of sp³-hybridized carbons (Fsp3) is 0.300. The lowest BCUT2D eigenvalue weighted by atomic mass is 10.0. The first kappa shape index (κ1) is 13.3. The van der Waals surface area contributed by atoms with Crippen LogP contribution in [0.25, 0.3) is 0 Å². The Bertz CT molecular complexity index is 427. The monoisotopic (exact) mass is 344 g/mol. The minimum atomic E-state index is -4.56. The third kappa shape index (κ3) is 2.66. The fourth-order valence-corrected chi connectivity index (χ4v) is 2.26.